The van der Waals surface area contributed by atoms with E-state index >= 15 is 0 Å². The van der Waals surface area contributed by atoms with Gasteiger partial charge in [-0.25, -0.2) is 0 Å². The predicted molar refractivity (Wildman–Crippen MR) is 68.4 cm³/mol. The molecule has 0 N–H and O–H groups in total. The summed E-state index contributed by atoms with van der Waals surface area (Å²) in [5.74, 6) is -0.114. The van der Waals surface area contributed by atoms with Crippen molar-refractivity contribution in [2.75, 3.05) is 7.11 Å². The molecule has 0 spiro atoms. The van der Waals surface area contributed by atoms with Gasteiger partial charge in [-0.15, -0.1) is 0 Å². The molecule has 0 aromatic heterocycles. The first-order valence-electron chi connectivity index (χ1n) is 6.01. The molecule has 0 bridgehead atoms. The van der Waals surface area contributed by atoms with E-state index in [-0.39, 0.29) is 5.97 Å². The second-order valence-corrected chi connectivity index (χ2v) is 4.76. The third-order valence-corrected chi connectivity index (χ3v) is 3.61. The molecule has 17 heavy (non-hydrogen) atoms. The predicted octanol–water partition coefficient (Wildman–Crippen LogP) is 3.43. The largest absolute Gasteiger partial charge is 0.468 e. The molecule has 1 saturated carbocycles. The quantitative estimate of drug-likeness (QED) is 0.727. The summed E-state index contributed by atoms with van der Waals surface area (Å²) in [5.41, 5.74) is 1.92. The van der Waals surface area contributed by atoms with E-state index in [2.05, 4.69) is 18.2 Å². The second kappa shape index (κ2) is 4.74. The Kier molecular flexibility index (Phi) is 3.32. The van der Waals surface area contributed by atoms with E-state index in [1.807, 2.05) is 25.1 Å². The van der Waals surface area contributed by atoms with Crippen LogP contribution in [0.25, 0.3) is 6.08 Å². The van der Waals surface area contributed by atoms with Crippen LogP contribution in [0.5, 0.6) is 0 Å². The molecule has 0 heterocycles. The minimum atomic E-state index is -0.426. The van der Waals surface area contributed by atoms with Crippen LogP contribution in [0, 0.1) is 5.41 Å². The number of hydrogen-bond acceptors (Lipinski definition) is 2. The number of carbonyl (C=O) groups excluding carboxylic acids is 1. The van der Waals surface area contributed by atoms with Gasteiger partial charge >= 0.3 is 5.97 Å². The summed E-state index contributed by atoms with van der Waals surface area (Å²) in [6, 6.07) is 10.1. The minimum Gasteiger partial charge on any atom is -0.468 e. The number of esters is 1. The Bertz CT molecular complexity index is 433. The number of methoxy groups -OCH3 is 1. The summed E-state index contributed by atoms with van der Waals surface area (Å²) in [6.45, 7) is 1.99. The van der Waals surface area contributed by atoms with Crippen molar-refractivity contribution in [3.05, 3.63) is 41.5 Å². The maximum absolute atomic E-state index is 11.9. The van der Waals surface area contributed by atoms with E-state index < -0.39 is 5.41 Å². The van der Waals surface area contributed by atoms with Crippen molar-refractivity contribution >= 4 is 12.0 Å². The van der Waals surface area contributed by atoms with Crippen LogP contribution in [0.15, 0.2) is 35.9 Å². The molecule has 0 saturated heterocycles. The Balaban J connectivity index is 2.32. The maximum atomic E-state index is 11.9. The Labute approximate surface area is 102 Å². The van der Waals surface area contributed by atoms with E-state index in [0.29, 0.717) is 0 Å². The zero-order valence-electron chi connectivity index (χ0n) is 10.4. The van der Waals surface area contributed by atoms with Crippen LogP contribution in [0.4, 0.5) is 0 Å². The third kappa shape index (κ3) is 2.26. The lowest BCUT2D eigenvalue weighted by molar-refractivity contribution is -0.149. The first kappa shape index (κ1) is 11.9. The highest BCUT2D eigenvalue weighted by Crippen LogP contribution is 2.44. The Morgan fingerprint density at radius 1 is 1.35 bits per heavy atom. The van der Waals surface area contributed by atoms with E-state index in [0.717, 1.165) is 24.8 Å². The average Bonchev–Trinajstić information content (AvgIpc) is 2.72. The molecule has 0 unspecified atom stereocenters. The molecule has 1 aliphatic rings. The molecule has 1 atom stereocenters. The van der Waals surface area contributed by atoms with Gasteiger partial charge in [-0.2, -0.15) is 0 Å². The molecule has 0 aliphatic heterocycles. The molecule has 0 radical (unpaired) electrons. The van der Waals surface area contributed by atoms with Crippen LogP contribution >= 0.6 is 0 Å². The van der Waals surface area contributed by atoms with E-state index in [9.17, 15) is 4.79 Å². The highest BCUT2D eigenvalue weighted by molar-refractivity contribution is 5.82. The average molecular weight is 230 g/mol. The molecule has 1 aromatic rings. The standard InChI is InChI=1S/C15H18O2/c1-15(14(16)17-2)10-6-9-13(15)11-12-7-4-3-5-8-12/h3-5,7-8,11H,6,9-10H2,1-2H3/b13-11+/t15-/m0/s1. The van der Waals surface area contributed by atoms with Crippen molar-refractivity contribution in [3.8, 4) is 0 Å². The number of hydrogen-bond donors (Lipinski definition) is 0. The van der Waals surface area contributed by atoms with E-state index in [4.69, 9.17) is 4.74 Å². The number of ether oxygens (including phenoxy) is 1. The van der Waals surface area contributed by atoms with Crippen molar-refractivity contribution in [1.82, 2.24) is 0 Å². The number of rotatable bonds is 2. The topological polar surface area (TPSA) is 26.3 Å². The Morgan fingerprint density at radius 2 is 2.06 bits per heavy atom. The van der Waals surface area contributed by atoms with Crippen LogP contribution in [0.1, 0.15) is 31.7 Å². The lowest BCUT2D eigenvalue weighted by Crippen LogP contribution is -2.27. The fourth-order valence-electron chi connectivity index (χ4n) is 2.51. The van der Waals surface area contributed by atoms with Gasteiger partial charge in [0.25, 0.3) is 0 Å². The molecular formula is C15H18O2. The first-order valence-corrected chi connectivity index (χ1v) is 6.01. The van der Waals surface area contributed by atoms with Crippen molar-refractivity contribution < 1.29 is 9.53 Å². The summed E-state index contributed by atoms with van der Waals surface area (Å²) >= 11 is 0. The normalized spacial score (nSPS) is 26.1. The van der Waals surface area contributed by atoms with E-state index in [1.54, 1.807) is 0 Å². The highest BCUT2D eigenvalue weighted by atomic mass is 16.5. The molecule has 1 fully saturated rings. The SMILES string of the molecule is COC(=O)[C@@]1(C)CCC/C1=C\c1ccccc1. The van der Waals surface area contributed by atoms with Gasteiger partial charge < -0.3 is 4.74 Å². The maximum Gasteiger partial charge on any atom is 0.315 e. The lowest BCUT2D eigenvalue weighted by Gasteiger charge is -2.22. The molecule has 2 heteroatoms. The molecule has 0 amide bonds. The first-order chi connectivity index (χ1) is 8.16. The summed E-state index contributed by atoms with van der Waals surface area (Å²) < 4.78 is 4.93. The molecule has 2 rings (SSSR count). The zero-order chi connectivity index (χ0) is 12.3. The zero-order valence-corrected chi connectivity index (χ0v) is 10.4. The van der Waals surface area contributed by atoms with Gasteiger partial charge in [0, 0.05) is 0 Å². The van der Waals surface area contributed by atoms with Crippen molar-refractivity contribution in [2.24, 2.45) is 5.41 Å². The monoisotopic (exact) mass is 230 g/mol. The lowest BCUT2D eigenvalue weighted by atomic mass is 9.83. The van der Waals surface area contributed by atoms with Crippen LogP contribution in [-0.4, -0.2) is 13.1 Å². The highest BCUT2D eigenvalue weighted by Gasteiger charge is 2.41. The number of carbonyl (C=O) groups is 1. The van der Waals surface area contributed by atoms with Gasteiger partial charge in [-0.1, -0.05) is 42.0 Å². The minimum absolute atomic E-state index is 0.114. The number of benzene rings is 1. The fraction of sp³-hybridized carbons (Fsp3) is 0.400. The summed E-state index contributed by atoms with van der Waals surface area (Å²) in [7, 11) is 1.46. The van der Waals surface area contributed by atoms with Crippen LogP contribution in [-0.2, 0) is 9.53 Å². The van der Waals surface area contributed by atoms with Crippen LogP contribution in [0.2, 0.25) is 0 Å². The van der Waals surface area contributed by atoms with Gasteiger partial charge in [0.15, 0.2) is 0 Å². The van der Waals surface area contributed by atoms with Gasteiger partial charge in [0.1, 0.15) is 0 Å². The van der Waals surface area contributed by atoms with Gasteiger partial charge in [0.2, 0.25) is 0 Å². The molecule has 1 aromatic carbocycles. The van der Waals surface area contributed by atoms with Crippen molar-refractivity contribution in [1.29, 1.82) is 0 Å². The van der Waals surface area contributed by atoms with Crippen LogP contribution in [0.3, 0.4) is 0 Å². The van der Waals surface area contributed by atoms with Gasteiger partial charge in [-0.05, 0) is 31.7 Å². The van der Waals surface area contributed by atoms with Gasteiger partial charge in [0.05, 0.1) is 12.5 Å². The summed E-state index contributed by atoms with van der Waals surface area (Å²) in [5, 5.41) is 0. The Morgan fingerprint density at radius 3 is 2.71 bits per heavy atom. The summed E-state index contributed by atoms with van der Waals surface area (Å²) in [4.78, 5) is 11.9. The molecular weight excluding hydrogens is 212 g/mol. The molecule has 2 nitrogen and oxygen atoms in total. The van der Waals surface area contributed by atoms with Gasteiger partial charge in [-0.3, -0.25) is 4.79 Å². The second-order valence-electron chi connectivity index (χ2n) is 4.76. The summed E-state index contributed by atoms with van der Waals surface area (Å²) in [6.07, 6.45) is 5.06. The van der Waals surface area contributed by atoms with Crippen molar-refractivity contribution in [3.63, 3.8) is 0 Å². The fourth-order valence-corrected chi connectivity index (χ4v) is 2.51. The third-order valence-electron chi connectivity index (χ3n) is 3.61. The molecule has 90 valence electrons. The Hall–Kier alpha value is -1.57. The smallest absolute Gasteiger partial charge is 0.315 e. The van der Waals surface area contributed by atoms with Crippen LogP contribution < -0.4 is 0 Å². The molecule has 1 aliphatic carbocycles. The van der Waals surface area contributed by atoms with Crippen molar-refractivity contribution in [2.45, 2.75) is 26.2 Å². The van der Waals surface area contributed by atoms with E-state index in [1.165, 1.54) is 12.7 Å².